The number of aromatic nitrogens is 1. The topological polar surface area (TPSA) is 54.0 Å². The van der Waals surface area contributed by atoms with Crippen molar-refractivity contribution in [2.75, 3.05) is 17.2 Å². The standard InChI is InChI=1S/C20H21N3OS/c1-2-19(24)22-17-10-8-16(9-11-17)18-14-25-20(23-18)21-13-12-15-6-4-3-5-7-15/h3-11,14H,2,12-13H2,1H3,(H,21,23)(H,22,24). The maximum absolute atomic E-state index is 11.4. The molecule has 4 nitrogen and oxygen atoms in total. The highest BCUT2D eigenvalue weighted by atomic mass is 32.1. The van der Waals surface area contributed by atoms with Crippen molar-refractivity contribution in [1.82, 2.24) is 4.98 Å². The zero-order chi connectivity index (χ0) is 17.5. The molecule has 3 rings (SSSR count). The smallest absolute Gasteiger partial charge is 0.224 e. The first-order valence-electron chi connectivity index (χ1n) is 8.38. The highest BCUT2D eigenvalue weighted by Gasteiger charge is 2.05. The molecule has 5 heteroatoms. The molecule has 0 radical (unpaired) electrons. The molecule has 1 amide bonds. The highest BCUT2D eigenvalue weighted by Crippen LogP contribution is 2.26. The van der Waals surface area contributed by atoms with Crippen LogP contribution in [0.5, 0.6) is 0 Å². The third kappa shape index (κ3) is 4.90. The second-order valence-electron chi connectivity index (χ2n) is 5.68. The summed E-state index contributed by atoms with van der Waals surface area (Å²) in [6.45, 7) is 2.70. The molecule has 0 bridgehead atoms. The summed E-state index contributed by atoms with van der Waals surface area (Å²) >= 11 is 1.61. The fraction of sp³-hybridized carbons (Fsp3) is 0.200. The molecule has 0 saturated heterocycles. The van der Waals surface area contributed by atoms with Crippen LogP contribution in [0.15, 0.2) is 60.0 Å². The number of hydrogen-bond donors (Lipinski definition) is 2. The Balaban J connectivity index is 1.56. The van der Waals surface area contributed by atoms with Crippen LogP contribution >= 0.6 is 11.3 Å². The molecule has 0 aliphatic carbocycles. The number of carbonyl (C=O) groups is 1. The van der Waals surface area contributed by atoms with Crippen LogP contribution in [-0.2, 0) is 11.2 Å². The summed E-state index contributed by atoms with van der Waals surface area (Å²) in [5.74, 6) is 0.0197. The minimum Gasteiger partial charge on any atom is -0.361 e. The summed E-state index contributed by atoms with van der Waals surface area (Å²) in [6.07, 6.45) is 1.45. The van der Waals surface area contributed by atoms with Gasteiger partial charge in [-0.25, -0.2) is 4.98 Å². The molecule has 0 aliphatic heterocycles. The Bertz CT molecular complexity index is 812. The van der Waals surface area contributed by atoms with E-state index < -0.39 is 0 Å². The largest absolute Gasteiger partial charge is 0.361 e. The minimum atomic E-state index is 0.0197. The van der Waals surface area contributed by atoms with Crippen LogP contribution in [0.1, 0.15) is 18.9 Å². The van der Waals surface area contributed by atoms with Crippen LogP contribution in [0, 0.1) is 0 Å². The highest BCUT2D eigenvalue weighted by molar-refractivity contribution is 7.14. The van der Waals surface area contributed by atoms with Gasteiger partial charge in [-0.1, -0.05) is 49.4 Å². The molecule has 2 N–H and O–H groups in total. The monoisotopic (exact) mass is 351 g/mol. The lowest BCUT2D eigenvalue weighted by atomic mass is 10.1. The Kier molecular flexibility index (Phi) is 5.80. The van der Waals surface area contributed by atoms with Crippen LogP contribution in [0.3, 0.4) is 0 Å². The Morgan fingerprint density at radius 1 is 1.08 bits per heavy atom. The van der Waals surface area contributed by atoms with Gasteiger partial charge in [0.15, 0.2) is 5.13 Å². The quantitative estimate of drug-likeness (QED) is 0.642. The average Bonchev–Trinajstić information content (AvgIpc) is 3.12. The van der Waals surface area contributed by atoms with E-state index in [2.05, 4.69) is 39.9 Å². The molecular formula is C20H21N3OS. The minimum absolute atomic E-state index is 0.0197. The molecule has 0 aliphatic rings. The zero-order valence-corrected chi connectivity index (χ0v) is 15.0. The maximum Gasteiger partial charge on any atom is 0.224 e. The SMILES string of the molecule is CCC(=O)Nc1ccc(-c2csc(NCCc3ccccc3)n2)cc1. The fourth-order valence-corrected chi connectivity index (χ4v) is 3.17. The third-order valence-electron chi connectivity index (χ3n) is 3.82. The zero-order valence-electron chi connectivity index (χ0n) is 14.2. The summed E-state index contributed by atoms with van der Waals surface area (Å²) in [7, 11) is 0. The van der Waals surface area contributed by atoms with Gasteiger partial charge in [0, 0.05) is 29.6 Å². The molecule has 1 heterocycles. The van der Waals surface area contributed by atoms with Gasteiger partial charge in [-0.2, -0.15) is 0 Å². The molecule has 0 fully saturated rings. The Labute approximate surface area is 151 Å². The summed E-state index contributed by atoms with van der Waals surface area (Å²) in [5.41, 5.74) is 4.12. The van der Waals surface area contributed by atoms with Gasteiger partial charge in [0.05, 0.1) is 5.69 Å². The number of thiazole rings is 1. The number of amides is 1. The van der Waals surface area contributed by atoms with Crippen LogP contribution in [0.4, 0.5) is 10.8 Å². The number of hydrogen-bond acceptors (Lipinski definition) is 4. The van der Waals surface area contributed by atoms with E-state index in [9.17, 15) is 4.79 Å². The molecule has 128 valence electrons. The van der Waals surface area contributed by atoms with E-state index in [-0.39, 0.29) is 5.91 Å². The van der Waals surface area contributed by atoms with Crippen molar-refractivity contribution in [1.29, 1.82) is 0 Å². The molecule has 3 aromatic rings. The van der Waals surface area contributed by atoms with Gasteiger partial charge in [-0.05, 0) is 24.1 Å². The van der Waals surface area contributed by atoms with Crippen LogP contribution in [0.25, 0.3) is 11.3 Å². The molecule has 2 aromatic carbocycles. The van der Waals surface area contributed by atoms with Crippen molar-refractivity contribution in [2.24, 2.45) is 0 Å². The van der Waals surface area contributed by atoms with Crippen molar-refractivity contribution in [2.45, 2.75) is 19.8 Å². The van der Waals surface area contributed by atoms with Crippen molar-refractivity contribution < 1.29 is 4.79 Å². The lowest BCUT2D eigenvalue weighted by Gasteiger charge is -2.04. The lowest BCUT2D eigenvalue weighted by molar-refractivity contribution is -0.115. The first-order chi connectivity index (χ1) is 12.2. The normalized spacial score (nSPS) is 10.4. The van der Waals surface area contributed by atoms with Crippen LogP contribution < -0.4 is 10.6 Å². The lowest BCUT2D eigenvalue weighted by Crippen LogP contribution is -2.09. The molecule has 0 saturated carbocycles. The number of carbonyl (C=O) groups excluding carboxylic acids is 1. The van der Waals surface area contributed by atoms with E-state index in [1.54, 1.807) is 11.3 Å². The predicted octanol–water partition coefficient (Wildman–Crippen LogP) is 4.81. The van der Waals surface area contributed by atoms with Crippen molar-refractivity contribution in [3.63, 3.8) is 0 Å². The van der Waals surface area contributed by atoms with E-state index in [1.807, 2.05) is 42.6 Å². The average molecular weight is 351 g/mol. The number of nitrogens with one attached hydrogen (secondary N) is 2. The van der Waals surface area contributed by atoms with E-state index in [4.69, 9.17) is 0 Å². The van der Waals surface area contributed by atoms with Gasteiger partial charge in [0.25, 0.3) is 0 Å². The van der Waals surface area contributed by atoms with Gasteiger partial charge in [0.2, 0.25) is 5.91 Å². The fourth-order valence-electron chi connectivity index (χ4n) is 2.42. The van der Waals surface area contributed by atoms with Crippen molar-refractivity contribution >= 4 is 28.1 Å². The second-order valence-corrected chi connectivity index (χ2v) is 6.54. The Morgan fingerprint density at radius 2 is 1.84 bits per heavy atom. The molecule has 0 unspecified atom stereocenters. The first kappa shape index (κ1) is 17.2. The van der Waals surface area contributed by atoms with Gasteiger partial charge >= 0.3 is 0 Å². The summed E-state index contributed by atoms with van der Waals surface area (Å²) < 4.78 is 0. The van der Waals surface area contributed by atoms with Gasteiger partial charge in [-0.3, -0.25) is 4.79 Å². The summed E-state index contributed by atoms with van der Waals surface area (Å²) in [5, 5.41) is 9.20. The van der Waals surface area contributed by atoms with Gasteiger partial charge < -0.3 is 10.6 Å². The van der Waals surface area contributed by atoms with E-state index in [1.165, 1.54) is 5.56 Å². The van der Waals surface area contributed by atoms with Crippen LogP contribution in [0.2, 0.25) is 0 Å². The second kappa shape index (κ2) is 8.44. The molecular weight excluding hydrogens is 330 g/mol. The number of benzene rings is 2. The number of nitrogens with zero attached hydrogens (tertiary/aromatic N) is 1. The van der Waals surface area contributed by atoms with Gasteiger partial charge in [0.1, 0.15) is 0 Å². The van der Waals surface area contributed by atoms with Gasteiger partial charge in [-0.15, -0.1) is 11.3 Å². The van der Waals surface area contributed by atoms with E-state index >= 15 is 0 Å². The van der Waals surface area contributed by atoms with E-state index in [0.29, 0.717) is 6.42 Å². The van der Waals surface area contributed by atoms with E-state index in [0.717, 1.165) is 35.0 Å². The predicted molar refractivity (Wildman–Crippen MR) is 105 cm³/mol. The molecule has 0 atom stereocenters. The summed E-state index contributed by atoms with van der Waals surface area (Å²) in [4.78, 5) is 16.1. The number of rotatable bonds is 7. The Morgan fingerprint density at radius 3 is 2.56 bits per heavy atom. The van der Waals surface area contributed by atoms with Crippen molar-refractivity contribution in [3.8, 4) is 11.3 Å². The Hall–Kier alpha value is -2.66. The first-order valence-corrected chi connectivity index (χ1v) is 9.26. The summed E-state index contributed by atoms with van der Waals surface area (Å²) in [6, 6.07) is 18.2. The molecule has 1 aromatic heterocycles. The van der Waals surface area contributed by atoms with Crippen molar-refractivity contribution in [3.05, 3.63) is 65.5 Å². The molecule has 0 spiro atoms. The van der Waals surface area contributed by atoms with Crippen LogP contribution in [-0.4, -0.2) is 17.4 Å². The number of anilines is 2. The maximum atomic E-state index is 11.4. The third-order valence-corrected chi connectivity index (χ3v) is 4.62. The molecule has 25 heavy (non-hydrogen) atoms.